The number of rotatable bonds is 6. The van der Waals surface area contributed by atoms with Crippen LogP contribution in [0.3, 0.4) is 0 Å². The molecule has 100 valence electrons. The second-order valence-electron chi connectivity index (χ2n) is 4.53. The van der Waals surface area contributed by atoms with Crippen LogP contribution >= 0.6 is 11.3 Å². The van der Waals surface area contributed by atoms with Crippen LogP contribution < -0.4 is 0 Å². The van der Waals surface area contributed by atoms with E-state index in [0.717, 1.165) is 16.9 Å². The molecule has 1 heterocycles. The van der Waals surface area contributed by atoms with Crippen LogP contribution in [0.15, 0.2) is 11.4 Å². The number of aliphatic hydroxyl groups is 1. The van der Waals surface area contributed by atoms with Crippen molar-refractivity contribution >= 4 is 11.3 Å². The molecule has 0 fully saturated rings. The molecule has 0 radical (unpaired) electrons. The fraction of sp³-hybridized carbons (Fsp3) is 0.571. The second-order valence-corrected chi connectivity index (χ2v) is 5.52. The average Bonchev–Trinajstić information content (AvgIpc) is 2.80. The van der Waals surface area contributed by atoms with E-state index in [0.29, 0.717) is 13.2 Å². The molecule has 1 aromatic rings. The number of ether oxygens (including phenoxy) is 2. The van der Waals surface area contributed by atoms with E-state index in [9.17, 15) is 0 Å². The van der Waals surface area contributed by atoms with Gasteiger partial charge >= 0.3 is 0 Å². The third-order valence-corrected chi connectivity index (χ3v) is 3.52. The first-order chi connectivity index (χ1) is 8.57. The van der Waals surface area contributed by atoms with Crippen molar-refractivity contribution in [3.05, 3.63) is 21.9 Å². The van der Waals surface area contributed by atoms with Crippen LogP contribution in [0.5, 0.6) is 0 Å². The fourth-order valence-electron chi connectivity index (χ4n) is 1.26. The average molecular weight is 268 g/mol. The maximum atomic E-state index is 8.60. The molecule has 0 spiro atoms. The van der Waals surface area contributed by atoms with Crippen molar-refractivity contribution in [1.29, 1.82) is 0 Å². The summed E-state index contributed by atoms with van der Waals surface area (Å²) in [5, 5.41) is 10.6. The van der Waals surface area contributed by atoms with Crippen LogP contribution in [0.1, 0.15) is 30.7 Å². The minimum Gasteiger partial charge on any atom is -0.384 e. The third kappa shape index (κ3) is 5.65. The lowest BCUT2D eigenvalue weighted by atomic mass is 10.1. The first-order valence-corrected chi connectivity index (χ1v) is 6.75. The summed E-state index contributed by atoms with van der Waals surface area (Å²) in [6.45, 7) is 5.27. The van der Waals surface area contributed by atoms with Gasteiger partial charge in [0.05, 0.1) is 12.2 Å². The molecule has 1 N–H and O–H groups in total. The zero-order valence-corrected chi connectivity index (χ0v) is 12.0. The number of hydrogen-bond acceptors (Lipinski definition) is 4. The van der Waals surface area contributed by atoms with E-state index < -0.39 is 0 Å². The molecule has 0 unspecified atom stereocenters. The predicted molar refractivity (Wildman–Crippen MR) is 73.6 cm³/mol. The van der Waals surface area contributed by atoms with E-state index in [1.54, 1.807) is 18.4 Å². The summed E-state index contributed by atoms with van der Waals surface area (Å²) in [5.74, 6) is 5.50. The molecule has 18 heavy (non-hydrogen) atoms. The molecule has 0 bridgehead atoms. The van der Waals surface area contributed by atoms with Crippen molar-refractivity contribution in [3.63, 3.8) is 0 Å². The quantitative estimate of drug-likeness (QED) is 0.636. The Hall–Kier alpha value is -0.860. The van der Waals surface area contributed by atoms with E-state index in [1.807, 2.05) is 25.3 Å². The molecule has 1 rings (SSSR count). The summed E-state index contributed by atoms with van der Waals surface area (Å²) in [4.78, 5) is 1.15. The maximum Gasteiger partial charge on any atom is 0.104 e. The van der Waals surface area contributed by atoms with Crippen LogP contribution in [0, 0.1) is 11.8 Å². The molecule has 0 aliphatic rings. The number of methoxy groups -OCH3 is 1. The number of aliphatic hydroxyl groups excluding tert-OH is 1. The van der Waals surface area contributed by atoms with Gasteiger partial charge in [0.1, 0.15) is 6.61 Å². The molecule has 1 aromatic heterocycles. The van der Waals surface area contributed by atoms with Crippen molar-refractivity contribution in [3.8, 4) is 11.8 Å². The Labute approximate surface area is 113 Å². The molecule has 0 saturated carbocycles. The highest BCUT2D eigenvalue weighted by Crippen LogP contribution is 2.16. The zero-order valence-electron chi connectivity index (χ0n) is 11.2. The van der Waals surface area contributed by atoms with Gasteiger partial charge in [-0.15, -0.1) is 11.3 Å². The molecule has 0 aliphatic heterocycles. The highest BCUT2D eigenvalue weighted by molar-refractivity contribution is 7.10. The SMILES string of the molecule is COC(C)(C)CCOCc1cc(C#CCO)cs1. The van der Waals surface area contributed by atoms with E-state index in [4.69, 9.17) is 14.6 Å². The van der Waals surface area contributed by atoms with Gasteiger partial charge in [0, 0.05) is 29.5 Å². The Morgan fingerprint density at radius 1 is 1.44 bits per heavy atom. The van der Waals surface area contributed by atoms with Gasteiger partial charge < -0.3 is 14.6 Å². The van der Waals surface area contributed by atoms with E-state index >= 15 is 0 Å². The van der Waals surface area contributed by atoms with Crippen LogP contribution in [0.4, 0.5) is 0 Å². The lowest BCUT2D eigenvalue weighted by molar-refractivity contribution is -0.0121. The molecule has 0 atom stereocenters. The smallest absolute Gasteiger partial charge is 0.104 e. The Balaban J connectivity index is 2.30. The number of thiophene rings is 1. The highest BCUT2D eigenvalue weighted by atomic mass is 32.1. The van der Waals surface area contributed by atoms with Gasteiger partial charge in [-0.2, -0.15) is 0 Å². The van der Waals surface area contributed by atoms with Crippen LogP contribution in [0.2, 0.25) is 0 Å². The van der Waals surface area contributed by atoms with Gasteiger partial charge in [-0.3, -0.25) is 0 Å². The monoisotopic (exact) mass is 268 g/mol. The summed E-state index contributed by atoms with van der Waals surface area (Å²) in [6.07, 6.45) is 0.867. The largest absolute Gasteiger partial charge is 0.384 e. The Morgan fingerprint density at radius 3 is 2.89 bits per heavy atom. The van der Waals surface area contributed by atoms with Crippen LogP contribution in [-0.2, 0) is 16.1 Å². The van der Waals surface area contributed by atoms with Crippen molar-refractivity contribution in [2.24, 2.45) is 0 Å². The molecule has 0 saturated heterocycles. The van der Waals surface area contributed by atoms with E-state index in [1.165, 1.54) is 0 Å². The molecular formula is C14H20O3S. The minimum atomic E-state index is -0.132. The summed E-state index contributed by atoms with van der Waals surface area (Å²) in [7, 11) is 1.71. The first-order valence-electron chi connectivity index (χ1n) is 5.87. The van der Waals surface area contributed by atoms with Gasteiger partial charge in [-0.25, -0.2) is 0 Å². The number of hydrogen-bond donors (Lipinski definition) is 1. The van der Waals surface area contributed by atoms with E-state index in [2.05, 4.69) is 11.8 Å². The second kappa shape index (κ2) is 7.55. The highest BCUT2D eigenvalue weighted by Gasteiger charge is 2.15. The Kier molecular flexibility index (Phi) is 6.37. The Bertz CT molecular complexity index is 412. The first kappa shape index (κ1) is 15.2. The summed E-state index contributed by atoms with van der Waals surface area (Å²) in [6, 6.07) is 1.99. The predicted octanol–water partition coefficient (Wildman–Crippen LogP) is 2.42. The standard InChI is InChI=1S/C14H20O3S/c1-14(2,16-3)6-8-17-10-13-9-12(11-18-13)5-4-7-15/h9,11,15H,6-8,10H2,1-3H3. The molecule has 3 nitrogen and oxygen atoms in total. The molecule has 0 amide bonds. The van der Waals surface area contributed by atoms with Gasteiger partial charge in [-0.05, 0) is 26.3 Å². The van der Waals surface area contributed by atoms with Crippen molar-refractivity contribution < 1.29 is 14.6 Å². The van der Waals surface area contributed by atoms with Crippen LogP contribution in [-0.4, -0.2) is 31.0 Å². The minimum absolute atomic E-state index is 0.103. The summed E-state index contributed by atoms with van der Waals surface area (Å²) in [5.41, 5.74) is 0.803. The van der Waals surface area contributed by atoms with Gasteiger partial charge in [0.2, 0.25) is 0 Å². The molecule has 4 heteroatoms. The van der Waals surface area contributed by atoms with Gasteiger partial charge in [0.15, 0.2) is 0 Å². The normalized spacial score (nSPS) is 11.1. The Morgan fingerprint density at radius 2 is 2.22 bits per heavy atom. The molecular weight excluding hydrogens is 248 g/mol. The van der Waals surface area contributed by atoms with Crippen molar-refractivity contribution in [2.45, 2.75) is 32.5 Å². The summed E-state index contributed by atoms with van der Waals surface area (Å²) >= 11 is 1.62. The summed E-state index contributed by atoms with van der Waals surface area (Å²) < 4.78 is 10.9. The van der Waals surface area contributed by atoms with Gasteiger partial charge in [-0.1, -0.05) is 11.8 Å². The lowest BCUT2D eigenvalue weighted by Gasteiger charge is -2.22. The maximum absolute atomic E-state index is 8.60. The van der Waals surface area contributed by atoms with Crippen LogP contribution in [0.25, 0.3) is 0 Å². The zero-order chi connectivity index (χ0) is 13.4. The van der Waals surface area contributed by atoms with Crippen molar-refractivity contribution in [2.75, 3.05) is 20.3 Å². The molecule has 0 aliphatic carbocycles. The third-order valence-electron chi connectivity index (χ3n) is 2.61. The lowest BCUT2D eigenvalue weighted by Crippen LogP contribution is -2.24. The van der Waals surface area contributed by atoms with E-state index in [-0.39, 0.29) is 12.2 Å². The topological polar surface area (TPSA) is 38.7 Å². The van der Waals surface area contributed by atoms with Crippen molar-refractivity contribution in [1.82, 2.24) is 0 Å². The molecule has 0 aromatic carbocycles. The fourth-order valence-corrected chi connectivity index (χ4v) is 2.01. The van der Waals surface area contributed by atoms with Gasteiger partial charge in [0.25, 0.3) is 0 Å².